The third-order valence-electron chi connectivity index (χ3n) is 4.22. The first-order valence-corrected chi connectivity index (χ1v) is 7.76. The van der Waals surface area contributed by atoms with Crippen LogP contribution in [0.2, 0.25) is 0 Å². The van der Waals surface area contributed by atoms with Gasteiger partial charge in [-0.05, 0) is 19.5 Å². The summed E-state index contributed by atoms with van der Waals surface area (Å²) in [6, 6.07) is -0.0362. The van der Waals surface area contributed by atoms with Gasteiger partial charge in [-0.1, -0.05) is 25.2 Å². The van der Waals surface area contributed by atoms with Crippen molar-refractivity contribution >= 4 is 17.9 Å². The van der Waals surface area contributed by atoms with Gasteiger partial charge in [0.25, 0.3) is 0 Å². The lowest BCUT2D eigenvalue weighted by atomic mass is 10.1. The maximum atomic E-state index is 12.0. The zero-order chi connectivity index (χ0) is 15.5. The van der Waals surface area contributed by atoms with E-state index in [0.29, 0.717) is 12.3 Å². The van der Waals surface area contributed by atoms with Gasteiger partial charge in [0.1, 0.15) is 18.2 Å². The Kier molecular flexibility index (Phi) is 4.34. The molecule has 0 radical (unpaired) electrons. The van der Waals surface area contributed by atoms with E-state index >= 15 is 0 Å². The smallest absolute Gasteiger partial charge is 0.224 e. The Bertz CT molecular complexity index is 624. The Morgan fingerprint density at radius 1 is 1.36 bits per heavy atom. The van der Waals surface area contributed by atoms with Crippen LogP contribution >= 0.6 is 0 Å². The second kappa shape index (κ2) is 6.40. The van der Waals surface area contributed by atoms with Gasteiger partial charge < -0.3 is 4.74 Å². The minimum Gasteiger partial charge on any atom is -0.472 e. The molecule has 2 atom stereocenters. The van der Waals surface area contributed by atoms with E-state index in [2.05, 4.69) is 27.0 Å². The van der Waals surface area contributed by atoms with Crippen molar-refractivity contribution < 1.29 is 9.53 Å². The van der Waals surface area contributed by atoms with E-state index in [4.69, 9.17) is 4.74 Å². The summed E-state index contributed by atoms with van der Waals surface area (Å²) in [5.74, 6) is 0.883. The highest BCUT2D eigenvalue weighted by molar-refractivity contribution is 5.84. The zero-order valence-electron chi connectivity index (χ0n) is 13.0. The third-order valence-corrected chi connectivity index (χ3v) is 4.22. The molecule has 2 heterocycles. The van der Waals surface area contributed by atoms with E-state index in [0.717, 1.165) is 30.6 Å². The standard InChI is InChI=1S/C17H21N3O2/c1-3-16(21)15-9-12(10-20(15)2)22-17-13-7-5-4-6-8-14(13)18-11-19-17/h5-8,11-12,15H,3-4,9-10H2,1-2H3. The van der Waals surface area contributed by atoms with E-state index < -0.39 is 0 Å². The van der Waals surface area contributed by atoms with Crippen LogP contribution in [0.1, 0.15) is 37.4 Å². The Hall–Kier alpha value is -2.01. The second-order valence-corrected chi connectivity index (χ2v) is 5.77. The molecule has 1 aliphatic carbocycles. The second-order valence-electron chi connectivity index (χ2n) is 5.77. The molecule has 0 N–H and O–H groups in total. The fourth-order valence-corrected chi connectivity index (χ4v) is 3.03. The van der Waals surface area contributed by atoms with Crippen molar-refractivity contribution in [1.29, 1.82) is 0 Å². The summed E-state index contributed by atoms with van der Waals surface area (Å²) < 4.78 is 6.09. The van der Waals surface area contributed by atoms with Crippen LogP contribution < -0.4 is 4.74 Å². The number of rotatable bonds is 4. The van der Waals surface area contributed by atoms with Crippen LogP contribution in [-0.2, 0) is 4.79 Å². The summed E-state index contributed by atoms with van der Waals surface area (Å²) in [7, 11) is 1.98. The average Bonchev–Trinajstić information content (AvgIpc) is 2.74. The topological polar surface area (TPSA) is 55.3 Å². The van der Waals surface area contributed by atoms with Crippen LogP contribution in [0.5, 0.6) is 5.88 Å². The van der Waals surface area contributed by atoms with E-state index in [1.54, 1.807) is 0 Å². The molecule has 5 nitrogen and oxygen atoms in total. The molecule has 22 heavy (non-hydrogen) atoms. The van der Waals surface area contributed by atoms with E-state index in [1.807, 2.05) is 26.1 Å². The van der Waals surface area contributed by atoms with Gasteiger partial charge in [0, 0.05) is 19.4 Å². The van der Waals surface area contributed by atoms with Crippen molar-refractivity contribution in [2.75, 3.05) is 13.6 Å². The molecule has 116 valence electrons. The number of hydrogen-bond donors (Lipinski definition) is 0. The normalized spacial score (nSPS) is 24.1. The molecule has 2 aliphatic rings. The lowest BCUT2D eigenvalue weighted by Gasteiger charge is -2.16. The number of ether oxygens (including phenoxy) is 1. The maximum absolute atomic E-state index is 12.0. The van der Waals surface area contributed by atoms with Gasteiger partial charge in [-0.2, -0.15) is 0 Å². The molecule has 5 heteroatoms. The first-order chi connectivity index (χ1) is 10.7. The fraction of sp³-hybridized carbons (Fsp3) is 0.471. The van der Waals surface area contributed by atoms with E-state index in [1.165, 1.54) is 6.33 Å². The fourth-order valence-electron chi connectivity index (χ4n) is 3.03. The summed E-state index contributed by atoms with van der Waals surface area (Å²) in [5, 5.41) is 0. The highest BCUT2D eigenvalue weighted by atomic mass is 16.5. The molecule has 1 aliphatic heterocycles. The number of hydrogen-bond acceptors (Lipinski definition) is 5. The molecule has 2 unspecified atom stereocenters. The third kappa shape index (κ3) is 2.95. The number of aromatic nitrogens is 2. The first-order valence-electron chi connectivity index (χ1n) is 7.76. The van der Waals surface area contributed by atoms with Gasteiger partial charge in [-0.25, -0.2) is 9.97 Å². The molecule has 0 saturated carbocycles. The number of carbonyl (C=O) groups excluding carboxylic acids is 1. The number of Topliss-reactive ketones (excluding diaryl/α,β-unsaturated/α-hetero) is 1. The summed E-state index contributed by atoms with van der Waals surface area (Å²) >= 11 is 0. The molecule has 0 bridgehead atoms. The van der Waals surface area contributed by atoms with Gasteiger partial charge in [-0.3, -0.25) is 9.69 Å². The van der Waals surface area contributed by atoms with Crippen LogP contribution in [-0.4, -0.2) is 46.4 Å². The molecule has 1 fully saturated rings. The molecular formula is C17H21N3O2. The Morgan fingerprint density at radius 2 is 2.18 bits per heavy atom. The van der Waals surface area contributed by atoms with E-state index in [9.17, 15) is 4.79 Å². The molecular weight excluding hydrogens is 278 g/mol. The number of ketones is 1. The lowest BCUT2D eigenvalue weighted by Crippen LogP contribution is -2.32. The molecule has 1 aromatic rings. The molecule has 1 aromatic heterocycles. The van der Waals surface area contributed by atoms with Crippen molar-refractivity contribution in [3.05, 3.63) is 29.7 Å². The van der Waals surface area contributed by atoms with Crippen LogP contribution in [0, 0.1) is 0 Å². The van der Waals surface area contributed by atoms with E-state index in [-0.39, 0.29) is 17.9 Å². The Morgan fingerprint density at radius 3 is 3.00 bits per heavy atom. The quantitative estimate of drug-likeness (QED) is 0.854. The number of likely N-dealkylation sites (tertiary alicyclic amines) is 1. The van der Waals surface area contributed by atoms with Gasteiger partial charge in [0.2, 0.25) is 5.88 Å². The zero-order valence-corrected chi connectivity index (χ0v) is 13.0. The van der Waals surface area contributed by atoms with Crippen LogP contribution in [0.15, 0.2) is 18.5 Å². The molecule has 0 amide bonds. The number of fused-ring (bicyclic) bond motifs is 1. The number of allylic oxidation sites excluding steroid dienone is 2. The predicted octanol–water partition coefficient (Wildman–Crippen LogP) is 2.34. The van der Waals surface area contributed by atoms with Gasteiger partial charge in [0.15, 0.2) is 0 Å². The molecule has 0 aromatic carbocycles. The Labute approximate surface area is 130 Å². The monoisotopic (exact) mass is 299 g/mol. The minimum absolute atomic E-state index is 0.00914. The largest absolute Gasteiger partial charge is 0.472 e. The van der Waals surface area contributed by atoms with Crippen molar-refractivity contribution in [3.8, 4) is 5.88 Å². The molecule has 3 rings (SSSR count). The van der Waals surface area contributed by atoms with Gasteiger partial charge in [0.05, 0.1) is 17.3 Å². The van der Waals surface area contributed by atoms with Crippen LogP contribution in [0.3, 0.4) is 0 Å². The summed E-state index contributed by atoms with van der Waals surface area (Å²) in [4.78, 5) is 22.6. The molecule has 1 saturated heterocycles. The van der Waals surface area contributed by atoms with Crippen LogP contribution in [0.25, 0.3) is 12.2 Å². The van der Waals surface area contributed by atoms with Gasteiger partial charge >= 0.3 is 0 Å². The summed E-state index contributed by atoms with van der Waals surface area (Å²) in [6.45, 7) is 2.65. The van der Waals surface area contributed by atoms with Crippen molar-refractivity contribution in [2.24, 2.45) is 0 Å². The summed E-state index contributed by atoms with van der Waals surface area (Å²) in [6.07, 6.45) is 11.8. The van der Waals surface area contributed by atoms with Crippen molar-refractivity contribution in [3.63, 3.8) is 0 Å². The van der Waals surface area contributed by atoms with Crippen LogP contribution in [0.4, 0.5) is 0 Å². The van der Waals surface area contributed by atoms with Crippen molar-refractivity contribution in [2.45, 2.75) is 38.3 Å². The Balaban J connectivity index is 1.78. The molecule has 0 spiro atoms. The number of nitrogens with zero attached hydrogens (tertiary/aromatic N) is 3. The lowest BCUT2D eigenvalue weighted by molar-refractivity contribution is -0.122. The van der Waals surface area contributed by atoms with Crippen molar-refractivity contribution in [1.82, 2.24) is 14.9 Å². The highest BCUT2D eigenvalue weighted by Crippen LogP contribution is 2.27. The summed E-state index contributed by atoms with van der Waals surface area (Å²) in [5.41, 5.74) is 1.80. The first kappa shape index (κ1) is 14.9. The predicted molar refractivity (Wildman–Crippen MR) is 85.5 cm³/mol. The number of carbonyl (C=O) groups is 1. The van der Waals surface area contributed by atoms with Gasteiger partial charge in [-0.15, -0.1) is 0 Å². The number of likely N-dealkylation sites (N-methyl/N-ethyl adjacent to an activating group) is 1. The maximum Gasteiger partial charge on any atom is 0.224 e. The highest BCUT2D eigenvalue weighted by Gasteiger charge is 2.35. The minimum atomic E-state index is -0.0362. The SMILES string of the molecule is CCC(=O)C1CC(Oc2ncnc3c2C=CCC=C3)CN1C. The average molecular weight is 299 g/mol.